The van der Waals surface area contributed by atoms with Gasteiger partial charge in [0, 0.05) is 31.8 Å². The number of hydrogen-bond acceptors (Lipinski definition) is 3. The Morgan fingerprint density at radius 1 is 1.41 bits per heavy atom. The standard InChI is InChI=1S/C16H21BrN4O/c1-10-14-15(17)20-16(21(14)8-7-18-10)13-5-3-12(4-6-13)9-19-11(2)22/h7-8,12-13H,3-6,9H2,1-2H3,(H,19,22). The summed E-state index contributed by atoms with van der Waals surface area (Å²) in [6.45, 7) is 4.39. The van der Waals surface area contributed by atoms with Crippen molar-refractivity contribution in [3.05, 3.63) is 28.5 Å². The normalized spacial score (nSPS) is 22.0. The summed E-state index contributed by atoms with van der Waals surface area (Å²) in [5, 5.41) is 2.94. The van der Waals surface area contributed by atoms with Gasteiger partial charge < -0.3 is 5.32 Å². The van der Waals surface area contributed by atoms with Gasteiger partial charge in [-0.25, -0.2) is 4.98 Å². The van der Waals surface area contributed by atoms with E-state index in [2.05, 4.69) is 30.6 Å². The van der Waals surface area contributed by atoms with E-state index in [1.54, 1.807) is 6.92 Å². The predicted molar refractivity (Wildman–Crippen MR) is 88.8 cm³/mol. The first-order chi connectivity index (χ1) is 10.6. The number of nitrogens with zero attached hydrogens (tertiary/aromatic N) is 3. The van der Waals surface area contributed by atoms with Crippen molar-refractivity contribution in [2.45, 2.75) is 45.4 Å². The molecule has 5 nitrogen and oxygen atoms in total. The number of nitrogens with one attached hydrogen (secondary N) is 1. The molecule has 1 aliphatic carbocycles. The Balaban J connectivity index is 1.74. The van der Waals surface area contributed by atoms with Crippen molar-refractivity contribution < 1.29 is 4.79 Å². The molecule has 1 N–H and O–H groups in total. The van der Waals surface area contributed by atoms with Gasteiger partial charge in [-0.15, -0.1) is 0 Å². The van der Waals surface area contributed by atoms with Gasteiger partial charge in [-0.2, -0.15) is 0 Å². The molecular formula is C16H21BrN4O. The van der Waals surface area contributed by atoms with Crippen LogP contribution in [0.15, 0.2) is 17.0 Å². The van der Waals surface area contributed by atoms with Gasteiger partial charge in [-0.1, -0.05) is 0 Å². The van der Waals surface area contributed by atoms with E-state index in [1.165, 1.54) is 0 Å². The first kappa shape index (κ1) is 15.5. The number of halogens is 1. The Labute approximate surface area is 138 Å². The molecule has 0 aliphatic heterocycles. The van der Waals surface area contributed by atoms with Crippen LogP contribution in [0.2, 0.25) is 0 Å². The maximum absolute atomic E-state index is 11.0. The second kappa shape index (κ2) is 6.36. The minimum atomic E-state index is 0.0632. The number of carbonyl (C=O) groups is 1. The summed E-state index contributed by atoms with van der Waals surface area (Å²) in [6.07, 6.45) is 8.36. The Kier molecular flexibility index (Phi) is 4.47. The van der Waals surface area contributed by atoms with Crippen molar-refractivity contribution in [1.82, 2.24) is 19.7 Å². The summed E-state index contributed by atoms with van der Waals surface area (Å²) in [5.74, 6) is 2.27. The average molecular weight is 365 g/mol. The van der Waals surface area contributed by atoms with E-state index in [-0.39, 0.29) is 5.91 Å². The topological polar surface area (TPSA) is 59.3 Å². The Hall–Kier alpha value is -1.43. The van der Waals surface area contributed by atoms with Gasteiger partial charge in [0.2, 0.25) is 5.91 Å². The summed E-state index contributed by atoms with van der Waals surface area (Å²) in [4.78, 5) is 20.1. The number of amides is 1. The molecule has 1 aliphatic rings. The van der Waals surface area contributed by atoms with Crippen LogP contribution in [0.5, 0.6) is 0 Å². The van der Waals surface area contributed by atoms with Gasteiger partial charge in [-0.05, 0) is 54.5 Å². The molecule has 3 rings (SSSR count). The molecule has 0 aromatic carbocycles. The van der Waals surface area contributed by atoms with Gasteiger partial charge in [-0.3, -0.25) is 14.2 Å². The van der Waals surface area contributed by atoms with Crippen molar-refractivity contribution in [2.24, 2.45) is 5.92 Å². The van der Waals surface area contributed by atoms with Crippen LogP contribution in [0.1, 0.15) is 50.0 Å². The molecule has 1 amide bonds. The quantitative estimate of drug-likeness (QED) is 0.909. The Bertz CT molecular complexity index is 689. The summed E-state index contributed by atoms with van der Waals surface area (Å²) in [7, 11) is 0. The Morgan fingerprint density at radius 3 is 2.82 bits per heavy atom. The van der Waals surface area contributed by atoms with Gasteiger partial charge >= 0.3 is 0 Å². The van der Waals surface area contributed by atoms with E-state index in [0.717, 1.165) is 53.9 Å². The molecule has 1 fully saturated rings. The third kappa shape index (κ3) is 3.02. The molecule has 2 aromatic rings. The highest BCUT2D eigenvalue weighted by Crippen LogP contribution is 2.36. The first-order valence-corrected chi connectivity index (χ1v) is 8.59. The predicted octanol–water partition coefficient (Wildman–Crippen LogP) is 3.21. The fourth-order valence-corrected chi connectivity index (χ4v) is 4.03. The van der Waals surface area contributed by atoms with E-state index in [9.17, 15) is 4.79 Å². The number of imidazole rings is 1. The van der Waals surface area contributed by atoms with Crippen molar-refractivity contribution in [3.8, 4) is 0 Å². The van der Waals surface area contributed by atoms with Crippen LogP contribution in [-0.2, 0) is 4.79 Å². The molecule has 0 saturated heterocycles. The highest BCUT2D eigenvalue weighted by atomic mass is 79.9. The van der Waals surface area contributed by atoms with E-state index >= 15 is 0 Å². The van der Waals surface area contributed by atoms with Gasteiger partial charge in [0.25, 0.3) is 0 Å². The van der Waals surface area contributed by atoms with Crippen LogP contribution >= 0.6 is 15.9 Å². The SMILES string of the molecule is CC(=O)NCC1CCC(c2nc(Br)c3c(C)nccn23)CC1. The number of hydrogen-bond donors (Lipinski definition) is 1. The second-order valence-electron chi connectivity index (χ2n) is 6.15. The lowest BCUT2D eigenvalue weighted by Gasteiger charge is -2.27. The maximum atomic E-state index is 11.0. The first-order valence-electron chi connectivity index (χ1n) is 7.79. The average Bonchev–Trinajstić information content (AvgIpc) is 2.84. The highest BCUT2D eigenvalue weighted by Gasteiger charge is 2.26. The lowest BCUT2D eigenvalue weighted by atomic mass is 9.81. The molecule has 0 bridgehead atoms. The van der Waals surface area contributed by atoms with Crippen molar-refractivity contribution in [3.63, 3.8) is 0 Å². The van der Waals surface area contributed by atoms with Crippen LogP contribution in [0, 0.1) is 12.8 Å². The van der Waals surface area contributed by atoms with Crippen molar-refractivity contribution in [2.75, 3.05) is 6.54 Å². The molecular weight excluding hydrogens is 344 g/mol. The minimum absolute atomic E-state index is 0.0632. The lowest BCUT2D eigenvalue weighted by Crippen LogP contribution is -2.29. The maximum Gasteiger partial charge on any atom is 0.216 e. The fourth-order valence-electron chi connectivity index (χ4n) is 3.37. The molecule has 0 radical (unpaired) electrons. The summed E-state index contributed by atoms with van der Waals surface area (Å²) in [5.41, 5.74) is 2.06. The zero-order chi connectivity index (χ0) is 15.7. The third-order valence-electron chi connectivity index (χ3n) is 4.57. The van der Waals surface area contributed by atoms with Crippen LogP contribution in [-0.4, -0.2) is 26.8 Å². The number of rotatable bonds is 3. The van der Waals surface area contributed by atoms with Gasteiger partial charge in [0.1, 0.15) is 15.9 Å². The second-order valence-corrected chi connectivity index (χ2v) is 6.90. The molecule has 22 heavy (non-hydrogen) atoms. The monoisotopic (exact) mass is 364 g/mol. The Morgan fingerprint density at radius 2 is 2.14 bits per heavy atom. The molecule has 2 aromatic heterocycles. The van der Waals surface area contributed by atoms with E-state index in [1.807, 2.05) is 19.3 Å². The van der Waals surface area contributed by atoms with Crippen molar-refractivity contribution in [1.29, 1.82) is 0 Å². The summed E-state index contributed by atoms with van der Waals surface area (Å²) < 4.78 is 3.05. The largest absolute Gasteiger partial charge is 0.356 e. The highest BCUT2D eigenvalue weighted by molar-refractivity contribution is 9.10. The molecule has 118 valence electrons. The zero-order valence-electron chi connectivity index (χ0n) is 13.0. The van der Waals surface area contributed by atoms with Crippen LogP contribution in [0.25, 0.3) is 5.52 Å². The molecule has 6 heteroatoms. The fraction of sp³-hybridized carbons (Fsp3) is 0.562. The molecule has 2 heterocycles. The van der Waals surface area contributed by atoms with Crippen LogP contribution in [0.3, 0.4) is 0 Å². The molecule has 0 spiro atoms. The number of aryl methyl sites for hydroxylation is 1. The molecule has 1 saturated carbocycles. The van der Waals surface area contributed by atoms with Gasteiger partial charge in [0.15, 0.2) is 0 Å². The summed E-state index contributed by atoms with van der Waals surface area (Å²) in [6, 6.07) is 0. The van der Waals surface area contributed by atoms with E-state index in [0.29, 0.717) is 11.8 Å². The number of aromatic nitrogens is 3. The smallest absolute Gasteiger partial charge is 0.216 e. The molecule has 0 atom stereocenters. The van der Waals surface area contributed by atoms with Crippen LogP contribution in [0.4, 0.5) is 0 Å². The molecule has 0 unspecified atom stereocenters. The van der Waals surface area contributed by atoms with Crippen LogP contribution < -0.4 is 5.32 Å². The lowest BCUT2D eigenvalue weighted by molar-refractivity contribution is -0.119. The third-order valence-corrected chi connectivity index (χ3v) is 5.13. The summed E-state index contributed by atoms with van der Waals surface area (Å²) >= 11 is 3.57. The van der Waals surface area contributed by atoms with Gasteiger partial charge in [0.05, 0.1) is 5.69 Å². The number of fused-ring (bicyclic) bond motifs is 1. The van der Waals surface area contributed by atoms with E-state index < -0.39 is 0 Å². The van der Waals surface area contributed by atoms with E-state index in [4.69, 9.17) is 4.98 Å². The van der Waals surface area contributed by atoms with Crippen molar-refractivity contribution >= 4 is 27.4 Å². The number of carbonyl (C=O) groups excluding carboxylic acids is 1. The zero-order valence-corrected chi connectivity index (χ0v) is 14.6. The minimum Gasteiger partial charge on any atom is -0.356 e.